The van der Waals surface area contributed by atoms with E-state index in [1.807, 2.05) is 0 Å². The highest BCUT2D eigenvalue weighted by Crippen LogP contribution is 2.30. The second kappa shape index (κ2) is 5.41. The molecule has 20 heavy (non-hydrogen) atoms. The average Bonchev–Trinajstić information content (AvgIpc) is 2.27. The summed E-state index contributed by atoms with van der Waals surface area (Å²) in [5, 5.41) is 8.97. The SMILES string of the molecule is C[C@](Cc1ccccc1)(OS(=O)(=O)C(F)(F)F)C(=O)O. The van der Waals surface area contributed by atoms with Crippen LogP contribution < -0.4 is 0 Å². The average molecular weight is 312 g/mol. The van der Waals surface area contributed by atoms with E-state index in [0.29, 0.717) is 5.56 Å². The highest BCUT2D eigenvalue weighted by Gasteiger charge is 2.53. The quantitative estimate of drug-likeness (QED) is 0.664. The monoisotopic (exact) mass is 312 g/mol. The van der Waals surface area contributed by atoms with Crippen LogP contribution in [0.5, 0.6) is 0 Å². The van der Waals surface area contributed by atoms with Gasteiger partial charge in [0.2, 0.25) is 0 Å². The van der Waals surface area contributed by atoms with E-state index in [2.05, 4.69) is 4.18 Å². The first-order valence-corrected chi connectivity index (χ1v) is 6.68. The normalized spacial score (nSPS) is 15.6. The molecule has 0 spiro atoms. The maximum absolute atomic E-state index is 12.3. The Morgan fingerprint density at radius 3 is 2.15 bits per heavy atom. The van der Waals surface area contributed by atoms with E-state index in [1.54, 1.807) is 6.07 Å². The minimum atomic E-state index is -6.00. The van der Waals surface area contributed by atoms with E-state index in [-0.39, 0.29) is 0 Å². The second-order valence-corrected chi connectivity index (χ2v) is 5.72. The van der Waals surface area contributed by atoms with Crippen LogP contribution in [0.2, 0.25) is 0 Å². The van der Waals surface area contributed by atoms with Gasteiger partial charge in [0.05, 0.1) is 0 Å². The Labute approximate surface area is 113 Å². The Morgan fingerprint density at radius 1 is 1.25 bits per heavy atom. The molecule has 1 rings (SSSR count). The van der Waals surface area contributed by atoms with Gasteiger partial charge in [-0.15, -0.1) is 0 Å². The van der Waals surface area contributed by atoms with Crippen LogP contribution in [0.4, 0.5) is 13.2 Å². The van der Waals surface area contributed by atoms with Gasteiger partial charge in [0, 0.05) is 6.42 Å². The Kier molecular flexibility index (Phi) is 4.45. The molecule has 1 atom stereocenters. The Morgan fingerprint density at radius 2 is 1.75 bits per heavy atom. The van der Waals surface area contributed by atoms with Crippen molar-refractivity contribution in [3.8, 4) is 0 Å². The predicted molar refractivity (Wildman–Crippen MR) is 62.2 cm³/mol. The lowest BCUT2D eigenvalue weighted by Gasteiger charge is -2.25. The predicted octanol–water partition coefficient (Wildman–Crippen LogP) is 1.94. The van der Waals surface area contributed by atoms with Crippen molar-refractivity contribution in [1.82, 2.24) is 0 Å². The molecule has 0 aliphatic heterocycles. The van der Waals surface area contributed by atoms with Gasteiger partial charge in [0.1, 0.15) is 0 Å². The van der Waals surface area contributed by atoms with Gasteiger partial charge in [0.25, 0.3) is 0 Å². The van der Waals surface area contributed by atoms with Crippen molar-refractivity contribution < 1.29 is 35.7 Å². The van der Waals surface area contributed by atoms with Crippen molar-refractivity contribution in [2.45, 2.75) is 24.5 Å². The molecule has 0 unspecified atom stereocenters. The third kappa shape index (κ3) is 3.70. The third-order valence-electron chi connectivity index (χ3n) is 2.41. The van der Waals surface area contributed by atoms with Gasteiger partial charge in [0.15, 0.2) is 5.60 Å². The Hall–Kier alpha value is -1.61. The first-order valence-electron chi connectivity index (χ1n) is 5.27. The fourth-order valence-corrected chi connectivity index (χ4v) is 2.12. The molecule has 0 fully saturated rings. The molecular weight excluding hydrogens is 301 g/mol. The van der Waals surface area contributed by atoms with Crippen molar-refractivity contribution >= 4 is 16.1 Å². The summed E-state index contributed by atoms with van der Waals surface area (Å²) in [6, 6.07) is 7.59. The molecule has 0 aliphatic carbocycles. The largest absolute Gasteiger partial charge is 0.523 e. The smallest absolute Gasteiger partial charge is 0.479 e. The first kappa shape index (κ1) is 16.4. The van der Waals surface area contributed by atoms with Crippen molar-refractivity contribution in [3.63, 3.8) is 0 Å². The minimum absolute atomic E-state index is 0.328. The number of rotatable bonds is 5. The summed E-state index contributed by atoms with van der Waals surface area (Å²) < 4.78 is 62.6. The van der Waals surface area contributed by atoms with E-state index in [0.717, 1.165) is 6.92 Å². The van der Waals surface area contributed by atoms with Gasteiger partial charge in [-0.1, -0.05) is 30.3 Å². The summed E-state index contributed by atoms with van der Waals surface area (Å²) in [4.78, 5) is 11.1. The summed E-state index contributed by atoms with van der Waals surface area (Å²) in [5.74, 6) is -1.81. The van der Waals surface area contributed by atoms with Crippen LogP contribution in [0.3, 0.4) is 0 Å². The minimum Gasteiger partial charge on any atom is -0.479 e. The van der Waals surface area contributed by atoms with Crippen LogP contribution >= 0.6 is 0 Å². The number of alkyl halides is 3. The summed E-state index contributed by atoms with van der Waals surface area (Å²) in [6.07, 6.45) is -0.529. The standard InChI is InChI=1S/C11H11F3O5S/c1-10(9(15)16,7-8-5-3-2-4-6-8)19-20(17,18)11(12,13)14/h2-6H,7H2,1H3,(H,15,16)/t10-/m1/s1. The van der Waals surface area contributed by atoms with Crippen molar-refractivity contribution in [3.05, 3.63) is 35.9 Å². The molecule has 0 aliphatic rings. The molecule has 1 aromatic rings. The van der Waals surface area contributed by atoms with Gasteiger partial charge in [-0.05, 0) is 12.5 Å². The number of halogens is 3. The summed E-state index contributed by atoms with van der Waals surface area (Å²) >= 11 is 0. The van der Waals surface area contributed by atoms with Gasteiger partial charge in [-0.2, -0.15) is 21.6 Å². The zero-order valence-corrected chi connectivity index (χ0v) is 11.0. The fourth-order valence-electron chi connectivity index (χ4n) is 1.42. The molecule has 9 heteroatoms. The second-order valence-electron chi connectivity index (χ2n) is 4.18. The van der Waals surface area contributed by atoms with E-state index in [9.17, 15) is 26.4 Å². The number of carboxylic acid groups (broad SMARTS) is 1. The summed E-state index contributed by atoms with van der Waals surface area (Å²) in [6.45, 7) is 0.769. The molecule has 1 N–H and O–H groups in total. The molecule has 112 valence electrons. The summed E-state index contributed by atoms with van der Waals surface area (Å²) in [7, 11) is -6.00. The molecule has 0 heterocycles. The van der Waals surface area contributed by atoms with Crippen molar-refractivity contribution in [2.75, 3.05) is 0 Å². The number of aliphatic carboxylic acids is 1. The van der Waals surface area contributed by atoms with E-state index >= 15 is 0 Å². The molecule has 1 aromatic carbocycles. The zero-order chi connectivity index (χ0) is 15.6. The van der Waals surface area contributed by atoms with E-state index in [4.69, 9.17) is 5.11 Å². The first-order chi connectivity index (χ1) is 8.98. The van der Waals surface area contributed by atoms with Crippen molar-refractivity contribution in [1.29, 1.82) is 0 Å². The number of carbonyl (C=O) groups is 1. The Balaban J connectivity index is 3.09. The van der Waals surface area contributed by atoms with Crippen LogP contribution in [-0.4, -0.2) is 30.6 Å². The third-order valence-corrected chi connectivity index (χ3v) is 3.57. The van der Waals surface area contributed by atoms with Crippen LogP contribution in [-0.2, 0) is 25.5 Å². The lowest BCUT2D eigenvalue weighted by molar-refractivity contribution is -0.154. The topological polar surface area (TPSA) is 80.7 Å². The van der Waals surface area contributed by atoms with Crippen LogP contribution in [0.15, 0.2) is 30.3 Å². The summed E-state index contributed by atoms with van der Waals surface area (Å²) in [5.41, 5.74) is -7.90. The van der Waals surface area contributed by atoms with Gasteiger partial charge in [-0.25, -0.2) is 8.98 Å². The lowest BCUT2D eigenvalue weighted by atomic mass is 9.97. The maximum atomic E-state index is 12.3. The van der Waals surface area contributed by atoms with Gasteiger partial charge >= 0.3 is 21.6 Å². The van der Waals surface area contributed by atoms with Crippen LogP contribution in [0.1, 0.15) is 12.5 Å². The van der Waals surface area contributed by atoms with Gasteiger partial charge < -0.3 is 5.11 Å². The number of benzene rings is 1. The Bertz CT molecular complexity index is 582. The lowest BCUT2D eigenvalue weighted by Crippen LogP contribution is -2.45. The van der Waals surface area contributed by atoms with E-state index < -0.39 is 33.6 Å². The molecule has 0 saturated carbocycles. The van der Waals surface area contributed by atoms with E-state index in [1.165, 1.54) is 24.3 Å². The highest BCUT2D eigenvalue weighted by molar-refractivity contribution is 7.87. The molecule has 0 bridgehead atoms. The van der Waals surface area contributed by atoms with Gasteiger partial charge in [-0.3, -0.25) is 0 Å². The maximum Gasteiger partial charge on any atom is 0.523 e. The number of hydrogen-bond donors (Lipinski definition) is 1. The zero-order valence-electron chi connectivity index (χ0n) is 10.2. The molecular formula is C11H11F3O5S. The van der Waals surface area contributed by atoms with Crippen LogP contribution in [0, 0.1) is 0 Å². The fraction of sp³-hybridized carbons (Fsp3) is 0.364. The molecule has 0 radical (unpaired) electrons. The molecule has 0 saturated heterocycles. The molecule has 0 amide bonds. The molecule has 0 aromatic heterocycles. The highest BCUT2D eigenvalue weighted by atomic mass is 32.2. The number of carboxylic acids is 1. The molecule has 5 nitrogen and oxygen atoms in total. The van der Waals surface area contributed by atoms with Crippen LogP contribution in [0.25, 0.3) is 0 Å². The number of hydrogen-bond acceptors (Lipinski definition) is 4. The van der Waals surface area contributed by atoms with Crippen molar-refractivity contribution in [2.24, 2.45) is 0 Å².